The van der Waals surface area contributed by atoms with Crippen molar-refractivity contribution in [1.29, 1.82) is 0 Å². The Morgan fingerprint density at radius 3 is 2.56 bits per heavy atom. The third-order valence-electron chi connectivity index (χ3n) is 4.22. The summed E-state index contributed by atoms with van der Waals surface area (Å²) < 4.78 is 33.6. The van der Waals surface area contributed by atoms with E-state index in [4.69, 9.17) is 4.74 Å². The van der Waals surface area contributed by atoms with Crippen molar-refractivity contribution in [2.24, 2.45) is 0 Å². The SMILES string of the molecule is COc1ccc(N2CCCC2=O)cc1S(=O)(=O)Nc1cc(C)c(C)s1. The number of sulfonamides is 1. The fraction of sp³-hybridized carbons (Fsp3) is 0.353. The van der Waals surface area contributed by atoms with Crippen LogP contribution in [0.15, 0.2) is 29.2 Å². The average molecular weight is 380 g/mol. The Morgan fingerprint density at radius 1 is 1.24 bits per heavy atom. The molecule has 1 aliphatic rings. The first-order valence-electron chi connectivity index (χ1n) is 7.90. The molecule has 134 valence electrons. The molecule has 0 saturated carbocycles. The van der Waals surface area contributed by atoms with Gasteiger partial charge in [-0.15, -0.1) is 11.3 Å². The van der Waals surface area contributed by atoms with Gasteiger partial charge in [0.25, 0.3) is 10.0 Å². The minimum Gasteiger partial charge on any atom is -0.495 e. The topological polar surface area (TPSA) is 75.7 Å². The zero-order valence-corrected chi connectivity index (χ0v) is 16.0. The second-order valence-corrected chi connectivity index (χ2v) is 8.85. The zero-order chi connectivity index (χ0) is 18.2. The minimum atomic E-state index is -3.83. The molecule has 6 nitrogen and oxygen atoms in total. The first kappa shape index (κ1) is 17.8. The molecule has 2 heterocycles. The lowest BCUT2D eigenvalue weighted by molar-refractivity contribution is -0.117. The Morgan fingerprint density at radius 2 is 2.00 bits per heavy atom. The summed E-state index contributed by atoms with van der Waals surface area (Å²) in [5.41, 5.74) is 1.60. The number of carbonyl (C=O) groups is 1. The summed E-state index contributed by atoms with van der Waals surface area (Å²) >= 11 is 1.38. The van der Waals surface area contributed by atoms with Crippen LogP contribution in [-0.2, 0) is 14.8 Å². The van der Waals surface area contributed by atoms with E-state index in [1.807, 2.05) is 13.8 Å². The fourth-order valence-electron chi connectivity index (χ4n) is 2.78. The van der Waals surface area contributed by atoms with Crippen LogP contribution in [0.3, 0.4) is 0 Å². The highest BCUT2D eigenvalue weighted by molar-refractivity contribution is 7.93. The Hall–Kier alpha value is -2.06. The molecule has 3 rings (SSSR count). The normalized spacial score (nSPS) is 14.8. The summed E-state index contributed by atoms with van der Waals surface area (Å²) in [4.78, 5) is 14.6. The van der Waals surface area contributed by atoms with E-state index >= 15 is 0 Å². The van der Waals surface area contributed by atoms with Gasteiger partial charge in [-0.25, -0.2) is 8.42 Å². The van der Waals surface area contributed by atoms with Crippen molar-refractivity contribution >= 4 is 38.0 Å². The van der Waals surface area contributed by atoms with Crippen LogP contribution in [0, 0.1) is 13.8 Å². The second-order valence-electron chi connectivity index (χ2n) is 5.94. The largest absolute Gasteiger partial charge is 0.495 e. The van der Waals surface area contributed by atoms with E-state index in [1.165, 1.54) is 24.5 Å². The van der Waals surface area contributed by atoms with E-state index in [9.17, 15) is 13.2 Å². The highest BCUT2D eigenvalue weighted by Crippen LogP contribution is 2.34. The predicted octanol–water partition coefficient (Wildman–Crippen LogP) is 3.30. The van der Waals surface area contributed by atoms with Gasteiger partial charge < -0.3 is 9.64 Å². The summed E-state index contributed by atoms with van der Waals surface area (Å²) in [5.74, 6) is 0.249. The number of thiophene rings is 1. The number of hydrogen-bond acceptors (Lipinski definition) is 5. The number of hydrogen-bond donors (Lipinski definition) is 1. The first-order chi connectivity index (χ1) is 11.8. The lowest BCUT2D eigenvalue weighted by Gasteiger charge is -2.18. The maximum absolute atomic E-state index is 12.9. The van der Waals surface area contributed by atoms with E-state index < -0.39 is 10.0 Å². The molecule has 1 fully saturated rings. The molecule has 1 saturated heterocycles. The Kier molecular flexibility index (Phi) is 4.75. The lowest BCUT2D eigenvalue weighted by Crippen LogP contribution is -2.24. The summed E-state index contributed by atoms with van der Waals surface area (Å²) in [7, 11) is -2.41. The van der Waals surface area contributed by atoms with Crippen LogP contribution in [-0.4, -0.2) is 28.0 Å². The van der Waals surface area contributed by atoms with E-state index in [2.05, 4.69) is 4.72 Å². The number of aryl methyl sites for hydroxylation is 2. The number of amides is 1. The van der Waals surface area contributed by atoms with Gasteiger partial charge in [-0.05, 0) is 50.1 Å². The highest BCUT2D eigenvalue weighted by atomic mass is 32.2. The quantitative estimate of drug-likeness (QED) is 0.863. The van der Waals surface area contributed by atoms with Crippen LogP contribution in [0.2, 0.25) is 0 Å². The van der Waals surface area contributed by atoms with Crippen molar-refractivity contribution in [3.63, 3.8) is 0 Å². The van der Waals surface area contributed by atoms with Crippen molar-refractivity contribution < 1.29 is 17.9 Å². The number of methoxy groups -OCH3 is 1. The predicted molar refractivity (Wildman–Crippen MR) is 99.2 cm³/mol. The van der Waals surface area contributed by atoms with E-state index in [0.29, 0.717) is 23.7 Å². The third-order valence-corrected chi connectivity index (χ3v) is 6.81. The fourth-order valence-corrected chi connectivity index (χ4v) is 5.18. The Bertz CT molecular complexity index is 899. The highest BCUT2D eigenvalue weighted by Gasteiger charge is 2.26. The molecule has 1 aromatic carbocycles. The molecule has 0 atom stereocenters. The van der Waals surface area contributed by atoms with Gasteiger partial charge in [0.2, 0.25) is 5.91 Å². The number of ether oxygens (including phenoxy) is 1. The molecular weight excluding hydrogens is 360 g/mol. The second kappa shape index (κ2) is 6.68. The van der Waals surface area contributed by atoms with Gasteiger partial charge in [0.05, 0.1) is 7.11 Å². The summed E-state index contributed by atoms with van der Waals surface area (Å²) in [6.07, 6.45) is 1.26. The monoisotopic (exact) mass is 380 g/mol. The Labute approximate surface area is 151 Å². The van der Waals surface area contributed by atoms with Gasteiger partial charge in [0.15, 0.2) is 0 Å². The van der Waals surface area contributed by atoms with Gasteiger partial charge in [-0.2, -0.15) is 0 Å². The maximum atomic E-state index is 12.9. The molecule has 0 aliphatic carbocycles. The summed E-state index contributed by atoms with van der Waals surface area (Å²) in [6, 6.07) is 6.59. The molecule has 0 spiro atoms. The molecule has 2 aromatic rings. The van der Waals surface area contributed by atoms with Crippen molar-refractivity contribution in [3.05, 3.63) is 34.7 Å². The standard InChI is InChI=1S/C17H20N2O4S2/c1-11-9-16(24-12(11)2)18-25(21,22)15-10-13(6-7-14(15)23-3)19-8-4-5-17(19)20/h6-7,9-10,18H,4-5,8H2,1-3H3. The molecule has 0 bridgehead atoms. The van der Waals surface area contributed by atoms with Crippen LogP contribution < -0.4 is 14.4 Å². The number of nitrogens with one attached hydrogen (secondary N) is 1. The molecule has 8 heteroatoms. The van der Waals surface area contributed by atoms with Crippen LogP contribution in [0.1, 0.15) is 23.3 Å². The zero-order valence-electron chi connectivity index (χ0n) is 14.3. The van der Waals surface area contributed by atoms with Gasteiger partial charge in [-0.1, -0.05) is 0 Å². The smallest absolute Gasteiger partial charge is 0.266 e. The van der Waals surface area contributed by atoms with Crippen LogP contribution in [0.4, 0.5) is 10.7 Å². The molecule has 1 N–H and O–H groups in total. The molecular formula is C17H20N2O4S2. The molecule has 1 aliphatic heterocycles. The molecule has 1 amide bonds. The van der Waals surface area contributed by atoms with Gasteiger partial charge in [-0.3, -0.25) is 9.52 Å². The van der Waals surface area contributed by atoms with Crippen LogP contribution in [0.5, 0.6) is 5.75 Å². The van der Waals surface area contributed by atoms with Gasteiger partial charge in [0.1, 0.15) is 15.6 Å². The molecule has 1 aromatic heterocycles. The average Bonchev–Trinajstić information content (AvgIpc) is 3.12. The van der Waals surface area contributed by atoms with Crippen molar-refractivity contribution in [2.75, 3.05) is 23.3 Å². The molecule has 0 radical (unpaired) electrons. The number of benzene rings is 1. The maximum Gasteiger partial charge on any atom is 0.266 e. The molecule has 25 heavy (non-hydrogen) atoms. The van der Waals surface area contributed by atoms with Crippen molar-refractivity contribution in [1.82, 2.24) is 0 Å². The van der Waals surface area contributed by atoms with E-state index in [0.717, 1.165) is 16.9 Å². The van der Waals surface area contributed by atoms with Crippen molar-refractivity contribution in [2.45, 2.75) is 31.6 Å². The number of nitrogens with zero attached hydrogens (tertiary/aromatic N) is 1. The molecule has 0 unspecified atom stereocenters. The van der Waals surface area contributed by atoms with Gasteiger partial charge in [0, 0.05) is 23.5 Å². The minimum absolute atomic E-state index is 0.00554. The summed E-state index contributed by atoms with van der Waals surface area (Å²) in [5, 5.41) is 0.555. The summed E-state index contributed by atoms with van der Waals surface area (Å²) in [6.45, 7) is 4.48. The number of anilines is 2. The number of carbonyl (C=O) groups excluding carboxylic acids is 1. The van der Waals surface area contributed by atoms with E-state index in [-0.39, 0.29) is 16.6 Å². The van der Waals surface area contributed by atoms with Crippen LogP contribution in [0.25, 0.3) is 0 Å². The van der Waals surface area contributed by atoms with Crippen molar-refractivity contribution in [3.8, 4) is 5.75 Å². The third kappa shape index (κ3) is 3.50. The van der Waals surface area contributed by atoms with E-state index in [1.54, 1.807) is 23.1 Å². The lowest BCUT2D eigenvalue weighted by atomic mass is 10.3. The first-order valence-corrected chi connectivity index (χ1v) is 10.2. The van der Waals surface area contributed by atoms with Gasteiger partial charge >= 0.3 is 0 Å². The van der Waals surface area contributed by atoms with Crippen LogP contribution >= 0.6 is 11.3 Å². The number of rotatable bonds is 5. The Balaban J connectivity index is 1.99.